The van der Waals surface area contributed by atoms with E-state index in [-0.39, 0.29) is 16.9 Å². The van der Waals surface area contributed by atoms with Gasteiger partial charge in [0.2, 0.25) is 0 Å². The second-order valence-corrected chi connectivity index (χ2v) is 4.13. The van der Waals surface area contributed by atoms with Crippen LogP contribution in [0.4, 0.5) is 24.5 Å². The maximum Gasteiger partial charge on any atom is 0.257 e. The van der Waals surface area contributed by atoms with Crippen LogP contribution in [0.15, 0.2) is 30.3 Å². The number of hydrogen-bond acceptors (Lipinski definition) is 3. The van der Waals surface area contributed by atoms with E-state index >= 15 is 0 Å². The Morgan fingerprint density at radius 3 is 2.38 bits per heavy atom. The number of ether oxygens (including phenoxy) is 1. The van der Waals surface area contributed by atoms with Gasteiger partial charge < -0.3 is 15.8 Å². The first-order chi connectivity index (χ1) is 9.93. The van der Waals surface area contributed by atoms with Crippen molar-refractivity contribution in [1.82, 2.24) is 0 Å². The number of para-hydroxylation sites is 1. The molecule has 0 unspecified atom stereocenters. The molecule has 4 nitrogen and oxygen atoms in total. The minimum absolute atomic E-state index is 0.0690. The molecule has 2 aromatic rings. The highest BCUT2D eigenvalue weighted by Crippen LogP contribution is 2.26. The first-order valence-electron chi connectivity index (χ1n) is 5.82. The highest BCUT2D eigenvalue weighted by Gasteiger charge is 2.16. The Balaban J connectivity index is 2.30. The topological polar surface area (TPSA) is 64.3 Å². The van der Waals surface area contributed by atoms with Crippen molar-refractivity contribution in [2.24, 2.45) is 0 Å². The fraction of sp³-hybridized carbons (Fsp3) is 0.0714. The molecule has 0 aliphatic rings. The van der Waals surface area contributed by atoms with Crippen LogP contribution in [-0.2, 0) is 0 Å². The maximum atomic E-state index is 13.1. The molecule has 0 saturated heterocycles. The highest BCUT2D eigenvalue weighted by atomic mass is 19.2. The van der Waals surface area contributed by atoms with E-state index < -0.39 is 23.4 Å². The van der Waals surface area contributed by atoms with Gasteiger partial charge in [0.15, 0.2) is 17.5 Å². The number of hydrogen-bond donors (Lipinski definition) is 2. The van der Waals surface area contributed by atoms with Crippen LogP contribution in [0.2, 0.25) is 0 Å². The van der Waals surface area contributed by atoms with E-state index in [0.717, 1.165) is 0 Å². The lowest BCUT2D eigenvalue weighted by molar-refractivity contribution is 0.102. The summed E-state index contributed by atoms with van der Waals surface area (Å²) in [6, 6.07) is 5.86. The van der Waals surface area contributed by atoms with Gasteiger partial charge in [-0.3, -0.25) is 4.79 Å². The lowest BCUT2D eigenvalue weighted by Crippen LogP contribution is -2.15. The van der Waals surface area contributed by atoms with E-state index in [0.29, 0.717) is 17.9 Å². The Hall–Kier alpha value is -2.70. The molecule has 0 aliphatic carbocycles. The number of nitrogens with two attached hydrogens (primary N) is 1. The van der Waals surface area contributed by atoms with Crippen molar-refractivity contribution in [2.45, 2.75) is 0 Å². The van der Waals surface area contributed by atoms with Gasteiger partial charge in [0.25, 0.3) is 5.91 Å². The van der Waals surface area contributed by atoms with E-state index in [4.69, 9.17) is 10.5 Å². The normalized spacial score (nSPS) is 10.3. The summed E-state index contributed by atoms with van der Waals surface area (Å²) in [5.74, 6) is -4.81. The van der Waals surface area contributed by atoms with Crippen molar-refractivity contribution >= 4 is 17.3 Å². The fourth-order valence-corrected chi connectivity index (χ4v) is 1.75. The number of amides is 1. The van der Waals surface area contributed by atoms with Crippen LogP contribution in [0, 0.1) is 17.5 Å². The van der Waals surface area contributed by atoms with Gasteiger partial charge in [0, 0.05) is 17.8 Å². The number of carbonyl (C=O) groups is 1. The van der Waals surface area contributed by atoms with Crippen molar-refractivity contribution in [3.8, 4) is 5.75 Å². The van der Waals surface area contributed by atoms with Crippen LogP contribution in [-0.4, -0.2) is 13.0 Å². The first-order valence-corrected chi connectivity index (χ1v) is 5.82. The Labute approximate surface area is 118 Å². The minimum Gasteiger partial charge on any atom is -0.495 e. The van der Waals surface area contributed by atoms with Crippen molar-refractivity contribution in [1.29, 1.82) is 0 Å². The maximum absolute atomic E-state index is 13.1. The van der Waals surface area contributed by atoms with E-state index in [9.17, 15) is 18.0 Å². The monoisotopic (exact) mass is 296 g/mol. The second-order valence-electron chi connectivity index (χ2n) is 4.13. The molecule has 0 bridgehead atoms. The average molecular weight is 296 g/mol. The summed E-state index contributed by atoms with van der Waals surface area (Å²) in [7, 11) is 1.39. The van der Waals surface area contributed by atoms with Crippen molar-refractivity contribution < 1.29 is 22.7 Å². The summed E-state index contributed by atoms with van der Waals surface area (Å²) >= 11 is 0. The standard InChI is InChI=1S/C14H11F3N2O2/c1-21-11-4-2-3-8(13(11)18)14(20)19-7-5-9(15)12(17)10(16)6-7/h2-6H,18H2,1H3,(H,19,20). The third-order valence-corrected chi connectivity index (χ3v) is 2.77. The minimum atomic E-state index is -1.60. The van der Waals surface area contributed by atoms with Gasteiger partial charge in [-0.15, -0.1) is 0 Å². The van der Waals surface area contributed by atoms with Crippen LogP contribution in [0.3, 0.4) is 0 Å². The van der Waals surface area contributed by atoms with Gasteiger partial charge >= 0.3 is 0 Å². The highest BCUT2D eigenvalue weighted by molar-refractivity contribution is 6.08. The molecule has 3 N–H and O–H groups in total. The molecule has 0 spiro atoms. The Morgan fingerprint density at radius 2 is 1.81 bits per heavy atom. The number of nitrogen functional groups attached to an aromatic ring is 1. The number of rotatable bonds is 3. The molecule has 0 saturated carbocycles. The summed E-state index contributed by atoms with van der Waals surface area (Å²) in [5, 5.41) is 2.24. The van der Waals surface area contributed by atoms with Gasteiger partial charge in [-0.1, -0.05) is 6.07 Å². The molecule has 1 amide bonds. The Morgan fingerprint density at radius 1 is 1.19 bits per heavy atom. The van der Waals surface area contributed by atoms with E-state index in [1.807, 2.05) is 0 Å². The van der Waals surface area contributed by atoms with Crippen molar-refractivity contribution in [2.75, 3.05) is 18.2 Å². The largest absolute Gasteiger partial charge is 0.495 e. The number of benzene rings is 2. The summed E-state index contributed by atoms with van der Waals surface area (Å²) in [4.78, 5) is 12.0. The lowest BCUT2D eigenvalue weighted by atomic mass is 10.1. The van der Waals surface area contributed by atoms with E-state index in [2.05, 4.69) is 5.32 Å². The van der Waals surface area contributed by atoms with Crippen LogP contribution >= 0.6 is 0 Å². The average Bonchev–Trinajstić information content (AvgIpc) is 2.44. The van der Waals surface area contributed by atoms with Gasteiger partial charge in [-0.2, -0.15) is 0 Å². The zero-order chi connectivity index (χ0) is 15.6. The predicted octanol–water partition coefficient (Wildman–Crippen LogP) is 2.95. The SMILES string of the molecule is COc1cccc(C(=O)Nc2cc(F)c(F)c(F)c2)c1N. The molecule has 0 heterocycles. The lowest BCUT2D eigenvalue weighted by Gasteiger charge is -2.10. The number of carbonyl (C=O) groups excluding carboxylic acids is 1. The van der Waals surface area contributed by atoms with Crippen molar-refractivity contribution in [3.63, 3.8) is 0 Å². The zero-order valence-corrected chi connectivity index (χ0v) is 10.9. The number of anilines is 2. The molecule has 2 rings (SSSR count). The Bertz CT molecular complexity index is 682. The molecule has 0 aliphatic heterocycles. The molecule has 0 aromatic heterocycles. The fourth-order valence-electron chi connectivity index (χ4n) is 1.75. The molecule has 0 atom stereocenters. The van der Waals surface area contributed by atoms with Crippen LogP contribution in [0.25, 0.3) is 0 Å². The number of methoxy groups -OCH3 is 1. The van der Waals surface area contributed by atoms with Gasteiger partial charge in [-0.25, -0.2) is 13.2 Å². The molecular formula is C14H11F3N2O2. The molecule has 7 heteroatoms. The first kappa shape index (κ1) is 14.7. The summed E-state index contributed by atoms with van der Waals surface area (Å²) in [5.41, 5.74) is 5.67. The third-order valence-electron chi connectivity index (χ3n) is 2.77. The molecule has 0 fully saturated rings. The third kappa shape index (κ3) is 2.91. The quantitative estimate of drug-likeness (QED) is 0.676. The summed E-state index contributed by atoms with van der Waals surface area (Å²) in [6.07, 6.45) is 0. The smallest absolute Gasteiger partial charge is 0.257 e. The van der Waals surface area contributed by atoms with Crippen LogP contribution in [0.5, 0.6) is 5.75 Å². The Kier molecular flexibility index (Phi) is 4.02. The summed E-state index contributed by atoms with van der Waals surface area (Å²) in [6.45, 7) is 0. The molecule has 110 valence electrons. The molecule has 2 aromatic carbocycles. The molecule has 0 radical (unpaired) electrons. The molecular weight excluding hydrogens is 285 g/mol. The van der Waals surface area contributed by atoms with Gasteiger partial charge in [0.05, 0.1) is 18.4 Å². The zero-order valence-electron chi connectivity index (χ0n) is 10.9. The molecule has 21 heavy (non-hydrogen) atoms. The van der Waals surface area contributed by atoms with Gasteiger partial charge in [-0.05, 0) is 12.1 Å². The second kappa shape index (κ2) is 5.74. The van der Waals surface area contributed by atoms with E-state index in [1.54, 1.807) is 6.07 Å². The predicted molar refractivity (Wildman–Crippen MR) is 71.7 cm³/mol. The summed E-state index contributed by atoms with van der Waals surface area (Å²) < 4.78 is 44.0. The number of nitrogens with one attached hydrogen (secondary N) is 1. The number of halogens is 3. The van der Waals surface area contributed by atoms with E-state index in [1.165, 1.54) is 19.2 Å². The van der Waals surface area contributed by atoms with Crippen LogP contribution in [0.1, 0.15) is 10.4 Å². The van der Waals surface area contributed by atoms with Gasteiger partial charge in [0.1, 0.15) is 5.75 Å². The van der Waals surface area contributed by atoms with Crippen LogP contribution < -0.4 is 15.8 Å². The van der Waals surface area contributed by atoms with Crippen molar-refractivity contribution in [3.05, 3.63) is 53.3 Å².